The van der Waals surface area contributed by atoms with Crippen LogP contribution < -0.4 is 13.8 Å². The van der Waals surface area contributed by atoms with Crippen molar-refractivity contribution in [2.45, 2.75) is 16.2 Å². The summed E-state index contributed by atoms with van der Waals surface area (Å²) in [4.78, 5) is 12.1. The van der Waals surface area contributed by atoms with Gasteiger partial charge in [0.2, 0.25) is 0 Å². The maximum Gasteiger partial charge on any atom is 0.279 e. The molecule has 3 aromatic rings. The lowest BCUT2D eigenvalue weighted by molar-refractivity contribution is 0.102. The Hall–Kier alpha value is -3.37. The highest BCUT2D eigenvalue weighted by atomic mass is 32.3. The van der Waals surface area contributed by atoms with Crippen LogP contribution in [0.4, 0.5) is 11.4 Å². The Bertz CT molecular complexity index is 1400. The van der Waals surface area contributed by atoms with E-state index in [-0.39, 0.29) is 21.2 Å². The lowest BCUT2D eigenvalue weighted by Crippen LogP contribution is -2.30. The van der Waals surface area contributed by atoms with E-state index in [1.165, 1.54) is 42.5 Å². The van der Waals surface area contributed by atoms with Crippen molar-refractivity contribution < 1.29 is 26.4 Å². The van der Waals surface area contributed by atoms with Gasteiger partial charge in [0.1, 0.15) is 15.5 Å². The molecule has 1 amide bonds. The first-order valence-electron chi connectivity index (χ1n) is 9.35. The largest absolute Gasteiger partial charge is 0.493 e. The van der Waals surface area contributed by atoms with Gasteiger partial charge < -0.3 is 10.1 Å². The Morgan fingerprint density at radius 2 is 1.58 bits per heavy atom. The van der Waals surface area contributed by atoms with Gasteiger partial charge in [-0.25, -0.2) is 0 Å². The van der Waals surface area contributed by atoms with E-state index in [0.717, 1.165) is 17.7 Å². The quantitative estimate of drug-likeness (QED) is 0.649. The molecule has 0 fully saturated rings. The van der Waals surface area contributed by atoms with Crippen LogP contribution in [0.1, 0.15) is 15.9 Å². The lowest BCUT2D eigenvalue weighted by Gasteiger charge is -2.17. The standard InChI is InChI=1S/C21H16N2O6S2/c24-21(15-8-9-18-14(12-15)10-11-29-18)22-16-4-3-5-17(13-16)23-30(25,26)19-6-1-2-7-20(19)31(23,27)28/h1-9,12-13H,10-11H2,(H,22,24). The number of anilines is 2. The number of hydrogen-bond acceptors (Lipinski definition) is 6. The molecule has 0 atom stereocenters. The van der Waals surface area contributed by atoms with E-state index in [2.05, 4.69) is 5.32 Å². The Balaban J connectivity index is 1.48. The minimum absolute atomic E-state index is 0.0867. The molecule has 3 aromatic carbocycles. The fraction of sp³-hybridized carbons (Fsp3) is 0.0952. The Labute approximate surface area is 179 Å². The van der Waals surface area contributed by atoms with E-state index in [1.54, 1.807) is 24.3 Å². The van der Waals surface area contributed by atoms with Crippen molar-refractivity contribution in [1.29, 1.82) is 0 Å². The molecule has 0 spiro atoms. The molecule has 8 nitrogen and oxygen atoms in total. The van der Waals surface area contributed by atoms with Gasteiger partial charge in [0.05, 0.1) is 12.3 Å². The van der Waals surface area contributed by atoms with Gasteiger partial charge in [-0.1, -0.05) is 18.2 Å². The van der Waals surface area contributed by atoms with Gasteiger partial charge >= 0.3 is 0 Å². The minimum atomic E-state index is -4.29. The second-order valence-corrected chi connectivity index (χ2v) is 10.8. The Morgan fingerprint density at radius 3 is 2.29 bits per heavy atom. The number of amides is 1. The van der Waals surface area contributed by atoms with Gasteiger partial charge in [0.25, 0.3) is 26.0 Å². The van der Waals surface area contributed by atoms with Crippen LogP contribution in [0.15, 0.2) is 76.5 Å². The fourth-order valence-electron chi connectivity index (χ4n) is 3.69. The molecule has 2 aliphatic heterocycles. The normalized spacial score (nSPS) is 17.5. The fourth-order valence-corrected chi connectivity index (χ4v) is 8.12. The molecule has 5 rings (SSSR count). The number of carbonyl (C=O) groups is 1. The third kappa shape index (κ3) is 3.06. The molecule has 0 aliphatic carbocycles. The monoisotopic (exact) mass is 456 g/mol. The van der Waals surface area contributed by atoms with E-state index >= 15 is 0 Å². The summed E-state index contributed by atoms with van der Waals surface area (Å²) < 4.78 is 57.5. The number of carbonyl (C=O) groups excluding carboxylic acids is 1. The third-order valence-electron chi connectivity index (χ3n) is 5.11. The van der Waals surface area contributed by atoms with Gasteiger partial charge in [-0.05, 0) is 54.1 Å². The van der Waals surface area contributed by atoms with Crippen molar-refractivity contribution in [1.82, 2.24) is 0 Å². The number of sulfonamides is 2. The molecule has 0 saturated heterocycles. The maximum atomic E-state index is 12.9. The zero-order valence-corrected chi connectivity index (χ0v) is 17.6. The molecule has 0 radical (unpaired) electrons. The van der Waals surface area contributed by atoms with Crippen LogP contribution >= 0.6 is 0 Å². The first-order valence-corrected chi connectivity index (χ1v) is 12.2. The third-order valence-corrected chi connectivity index (χ3v) is 9.53. The summed E-state index contributed by atoms with van der Waals surface area (Å²) >= 11 is 0. The molecule has 10 heteroatoms. The number of fused-ring (bicyclic) bond motifs is 2. The van der Waals surface area contributed by atoms with Crippen molar-refractivity contribution in [3.8, 4) is 5.75 Å². The highest BCUT2D eigenvalue weighted by Gasteiger charge is 2.47. The van der Waals surface area contributed by atoms with Crippen LogP contribution in [0.3, 0.4) is 0 Å². The summed E-state index contributed by atoms with van der Waals surface area (Å²) in [7, 11) is -8.59. The summed E-state index contributed by atoms with van der Waals surface area (Å²) in [6.45, 7) is 0.573. The Kier molecular flexibility index (Phi) is 4.31. The van der Waals surface area contributed by atoms with Crippen LogP contribution in [0, 0.1) is 0 Å². The van der Waals surface area contributed by atoms with Gasteiger partial charge in [0.15, 0.2) is 0 Å². The molecule has 2 aliphatic rings. The average Bonchev–Trinajstić information content (AvgIpc) is 3.27. The van der Waals surface area contributed by atoms with Gasteiger partial charge in [-0.15, -0.1) is 0 Å². The minimum Gasteiger partial charge on any atom is -0.493 e. The number of ether oxygens (including phenoxy) is 1. The van der Waals surface area contributed by atoms with Crippen LogP contribution in [0.5, 0.6) is 5.75 Å². The van der Waals surface area contributed by atoms with Crippen LogP contribution in [0.2, 0.25) is 0 Å². The molecular formula is C21H16N2O6S2. The molecule has 0 bridgehead atoms. The van der Waals surface area contributed by atoms with Gasteiger partial charge in [0, 0.05) is 17.7 Å². The zero-order valence-electron chi connectivity index (χ0n) is 16.0. The van der Waals surface area contributed by atoms with Crippen molar-refractivity contribution >= 4 is 37.3 Å². The number of nitrogens with one attached hydrogen (secondary N) is 1. The van der Waals surface area contributed by atoms with Crippen LogP contribution in [-0.4, -0.2) is 29.3 Å². The maximum absolute atomic E-state index is 12.9. The van der Waals surface area contributed by atoms with E-state index in [4.69, 9.17) is 4.74 Å². The molecule has 31 heavy (non-hydrogen) atoms. The topological polar surface area (TPSA) is 110 Å². The van der Waals surface area contributed by atoms with Crippen molar-refractivity contribution in [2.24, 2.45) is 0 Å². The molecule has 0 unspecified atom stereocenters. The number of benzene rings is 3. The lowest BCUT2D eigenvalue weighted by atomic mass is 10.1. The van der Waals surface area contributed by atoms with Gasteiger partial charge in [-0.2, -0.15) is 20.5 Å². The second-order valence-electron chi connectivity index (χ2n) is 7.08. The van der Waals surface area contributed by atoms with Crippen molar-refractivity contribution in [3.05, 3.63) is 77.9 Å². The summed E-state index contributed by atoms with van der Waals surface area (Å²) in [5.41, 5.74) is 1.54. The second kappa shape index (κ2) is 6.82. The number of rotatable bonds is 3. The predicted molar refractivity (Wildman–Crippen MR) is 113 cm³/mol. The van der Waals surface area contributed by atoms with E-state index < -0.39 is 26.0 Å². The average molecular weight is 457 g/mol. The first-order chi connectivity index (χ1) is 14.8. The molecule has 0 aromatic heterocycles. The van der Waals surface area contributed by atoms with Crippen LogP contribution in [0.25, 0.3) is 0 Å². The summed E-state index contributed by atoms with van der Waals surface area (Å²) in [5.74, 6) is 0.352. The number of nitrogens with zero attached hydrogens (tertiary/aromatic N) is 1. The SMILES string of the molecule is O=C(Nc1cccc(N2S(=O)(=O)c3ccccc3S2(=O)=O)c1)c1ccc2c(c1)CCO2. The molecule has 2 heterocycles. The summed E-state index contributed by atoms with van der Waals surface area (Å²) in [5, 5.41) is 2.69. The van der Waals surface area contributed by atoms with Gasteiger partial charge in [-0.3, -0.25) is 4.79 Å². The summed E-state index contributed by atoms with van der Waals surface area (Å²) in [6, 6.07) is 16.3. The highest BCUT2D eigenvalue weighted by molar-refractivity contribution is 8.12. The van der Waals surface area contributed by atoms with Crippen LogP contribution in [-0.2, 0) is 26.5 Å². The number of hydrogen-bond donors (Lipinski definition) is 1. The van der Waals surface area contributed by atoms with E-state index in [0.29, 0.717) is 15.9 Å². The molecule has 1 N–H and O–H groups in total. The van der Waals surface area contributed by atoms with Crippen molar-refractivity contribution in [2.75, 3.05) is 15.6 Å². The van der Waals surface area contributed by atoms with E-state index in [1.807, 2.05) is 0 Å². The smallest absolute Gasteiger partial charge is 0.279 e. The Morgan fingerprint density at radius 1 is 0.871 bits per heavy atom. The molecule has 158 valence electrons. The zero-order chi connectivity index (χ0) is 21.8. The predicted octanol–water partition coefficient (Wildman–Crippen LogP) is 2.77. The molecular weight excluding hydrogens is 440 g/mol. The van der Waals surface area contributed by atoms with E-state index in [9.17, 15) is 21.6 Å². The highest BCUT2D eigenvalue weighted by Crippen LogP contribution is 2.40. The van der Waals surface area contributed by atoms with Crippen molar-refractivity contribution in [3.63, 3.8) is 0 Å². The molecule has 0 saturated carbocycles. The summed E-state index contributed by atoms with van der Waals surface area (Å²) in [6.07, 6.45) is 0.719. The first kappa shape index (κ1) is 19.6.